The molecule has 0 fully saturated rings. The summed E-state index contributed by atoms with van der Waals surface area (Å²) in [5.41, 5.74) is 1.41. The molecular formula is C9H6N2. The average Bonchev–Trinajstić information content (AvgIpc) is 2.06. The van der Waals surface area contributed by atoms with Crippen molar-refractivity contribution in [3.8, 4) is 6.07 Å². The van der Waals surface area contributed by atoms with Crippen LogP contribution in [0.5, 0.6) is 0 Å². The molecule has 0 N–H and O–H groups in total. The zero-order valence-corrected chi connectivity index (χ0v) is 5.91. The van der Waals surface area contributed by atoms with E-state index in [1.165, 1.54) is 0 Å². The fourth-order valence-corrected chi connectivity index (χ4v) is 0.852. The van der Waals surface area contributed by atoms with Crippen LogP contribution in [0.2, 0.25) is 0 Å². The molecule has 0 amide bonds. The van der Waals surface area contributed by atoms with Crippen LogP contribution in [-0.2, 0) is 6.54 Å². The fraction of sp³-hybridized carbons (Fsp3) is 0.111. The summed E-state index contributed by atoms with van der Waals surface area (Å²) in [7, 11) is 0. The van der Waals surface area contributed by atoms with E-state index in [-0.39, 0.29) is 0 Å². The molecule has 0 aromatic heterocycles. The molecule has 0 aliphatic rings. The van der Waals surface area contributed by atoms with E-state index in [1.807, 2.05) is 12.1 Å². The summed E-state index contributed by atoms with van der Waals surface area (Å²) < 4.78 is 0. The Kier molecular flexibility index (Phi) is 2.25. The Morgan fingerprint density at radius 3 is 2.82 bits per heavy atom. The summed E-state index contributed by atoms with van der Waals surface area (Å²) in [5, 5.41) is 8.59. The number of rotatable bonds is 1. The monoisotopic (exact) mass is 142 g/mol. The molecule has 1 aromatic rings. The Hall–Kier alpha value is -1.80. The van der Waals surface area contributed by atoms with Gasteiger partial charge in [-0.15, -0.1) is 0 Å². The maximum absolute atomic E-state index is 8.59. The van der Waals surface area contributed by atoms with Gasteiger partial charge in [0.2, 0.25) is 6.54 Å². The molecule has 0 heterocycles. The summed E-state index contributed by atoms with van der Waals surface area (Å²) in [6, 6.07) is 9.19. The lowest BCUT2D eigenvalue weighted by Crippen LogP contribution is -1.84. The van der Waals surface area contributed by atoms with Crippen LogP contribution in [0, 0.1) is 17.9 Å². The van der Waals surface area contributed by atoms with Gasteiger partial charge in [-0.2, -0.15) is 5.26 Å². The van der Waals surface area contributed by atoms with E-state index in [4.69, 9.17) is 11.8 Å². The first-order valence-corrected chi connectivity index (χ1v) is 3.19. The minimum absolute atomic E-state index is 0.295. The van der Waals surface area contributed by atoms with Crippen LogP contribution in [0.1, 0.15) is 11.1 Å². The SMILES string of the molecule is [C-]#[N+]Cc1ccccc1C#N. The van der Waals surface area contributed by atoms with E-state index in [1.54, 1.807) is 18.2 Å². The van der Waals surface area contributed by atoms with Crippen LogP contribution in [0.4, 0.5) is 0 Å². The lowest BCUT2D eigenvalue weighted by atomic mass is 10.1. The minimum Gasteiger partial charge on any atom is -0.312 e. The van der Waals surface area contributed by atoms with Gasteiger partial charge in [-0.3, -0.25) is 0 Å². The summed E-state index contributed by atoms with van der Waals surface area (Å²) >= 11 is 0. The molecule has 0 atom stereocenters. The van der Waals surface area contributed by atoms with E-state index in [0.717, 1.165) is 5.56 Å². The van der Waals surface area contributed by atoms with Gasteiger partial charge in [0, 0.05) is 5.56 Å². The van der Waals surface area contributed by atoms with Crippen LogP contribution in [-0.4, -0.2) is 0 Å². The highest BCUT2D eigenvalue weighted by atomic mass is 14.6. The van der Waals surface area contributed by atoms with Gasteiger partial charge in [-0.1, -0.05) is 18.2 Å². The molecular weight excluding hydrogens is 136 g/mol. The normalized spacial score (nSPS) is 8.18. The number of hydrogen-bond donors (Lipinski definition) is 0. The molecule has 0 radical (unpaired) electrons. The number of benzene rings is 1. The standard InChI is InChI=1S/C9H6N2/c1-11-7-9-5-3-2-4-8(9)6-10/h2-5H,7H2. The maximum Gasteiger partial charge on any atom is 0.241 e. The van der Waals surface area contributed by atoms with Crippen molar-refractivity contribution >= 4 is 0 Å². The van der Waals surface area contributed by atoms with Gasteiger partial charge < -0.3 is 4.85 Å². The molecule has 0 saturated carbocycles. The summed E-state index contributed by atoms with van der Waals surface area (Å²) in [5.74, 6) is 0. The Labute approximate surface area is 65.5 Å². The Morgan fingerprint density at radius 1 is 1.45 bits per heavy atom. The van der Waals surface area contributed by atoms with E-state index < -0.39 is 0 Å². The molecule has 0 saturated heterocycles. The lowest BCUT2D eigenvalue weighted by Gasteiger charge is -1.92. The number of hydrogen-bond acceptors (Lipinski definition) is 1. The third kappa shape index (κ3) is 1.56. The van der Waals surface area contributed by atoms with Gasteiger partial charge in [-0.05, 0) is 6.07 Å². The van der Waals surface area contributed by atoms with Crippen LogP contribution in [0.25, 0.3) is 4.85 Å². The van der Waals surface area contributed by atoms with Gasteiger partial charge in [-0.25, -0.2) is 6.57 Å². The summed E-state index contributed by atoms with van der Waals surface area (Å²) in [6.07, 6.45) is 0. The lowest BCUT2D eigenvalue weighted by molar-refractivity contribution is 1.24. The van der Waals surface area contributed by atoms with E-state index in [9.17, 15) is 0 Å². The second-order valence-corrected chi connectivity index (χ2v) is 2.09. The summed E-state index contributed by atoms with van der Waals surface area (Å²) in [6.45, 7) is 6.92. The predicted octanol–water partition coefficient (Wildman–Crippen LogP) is 1.98. The van der Waals surface area contributed by atoms with Crippen LogP contribution in [0.3, 0.4) is 0 Å². The van der Waals surface area contributed by atoms with Gasteiger partial charge in [0.1, 0.15) is 0 Å². The molecule has 0 aliphatic carbocycles. The third-order valence-electron chi connectivity index (χ3n) is 1.39. The van der Waals surface area contributed by atoms with Crippen molar-refractivity contribution in [3.63, 3.8) is 0 Å². The van der Waals surface area contributed by atoms with Crippen molar-refractivity contribution in [3.05, 3.63) is 46.8 Å². The van der Waals surface area contributed by atoms with Crippen molar-refractivity contribution in [1.29, 1.82) is 5.26 Å². The molecule has 52 valence electrons. The van der Waals surface area contributed by atoms with Crippen molar-refractivity contribution in [2.75, 3.05) is 0 Å². The van der Waals surface area contributed by atoms with Crippen LogP contribution in [0.15, 0.2) is 24.3 Å². The molecule has 0 aliphatic heterocycles. The fourth-order valence-electron chi connectivity index (χ4n) is 0.852. The van der Waals surface area contributed by atoms with Crippen molar-refractivity contribution in [1.82, 2.24) is 0 Å². The largest absolute Gasteiger partial charge is 0.312 e. The van der Waals surface area contributed by atoms with E-state index in [0.29, 0.717) is 12.1 Å². The molecule has 0 bridgehead atoms. The van der Waals surface area contributed by atoms with Gasteiger partial charge in [0.05, 0.1) is 11.6 Å². The zero-order chi connectivity index (χ0) is 8.10. The van der Waals surface area contributed by atoms with Crippen LogP contribution >= 0.6 is 0 Å². The highest BCUT2D eigenvalue weighted by Crippen LogP contribution is 2.07. The van der Waals surface area contributed by atoms with Crippen molar-refractivity contribution in [2.24, 2.45) is 0 Å². The minimum atomic E-state index is 0.295. The van der Waals surface area contributed by atoms with Gasteiger partial charge in [0.15, 0.2) is 0 Å². The summed E-state index contributed by atoms with van der Waals surface area (Å²) in [4.78, 5) is 3.21. The van der Waals surface area contributed by atoms with Gasteiger partial charge in [0.25, 0.3) is 0 Å². The predicted molar refractivity (Wildman–Crippen MR) is 41.5 cm³/mol. The number of nitriles is 1. The van der Waals surface area contributed by atoms with Crippen molar-refractivity contribution < 1.29 is 0 Å². The molecule has 1 rings (SSSR count). The zero-order valence-electron chi connectivity index (χ0n) is 5.91. The highest BCUT2D eigenvalue weighted by molar-refractivity contribution is 5.37. The quantitative estimate of drug-likeness (QED) is 0.551. The first-order chi connectivity index (χ1) is 5.38. The van der Waals surface area contributed by atoms with Crippen LogP contribution < -0.4 is 0 Å². The Bertz CT molecular complexity index is 328. The van der Waals surface area contributed by atoms with E-state index >= 15 is 0 Å². The molecule has 2 nitrogen and oxygen atoms in total. The Morgan fingerprint density at radius 2 is 2.18 bits per heavy atom. The van der Waals surface area contributed by atoms with Gasteiger partial charge >= 0.3 is 0 Å². The molecule has 0 spiro atoms. The molecule has 11 heavy (non-hydrogen) atoms. The molecule has 2 heteroatoms. The molecule has 0 unspecified atom stereocenters. The second-order valence-electron chi connectivity index (χ2n) is 2.09. The first kappa shape index (κ1) is 7.31. The average molecular weight is 142 g/mol. The van der Waals surface area contributed by atoms with Crippen molar-refractivity contribution in [2.45, 2.75) is 6.54 Å². The smallest absolute Gasteiger partial charge is 0.241 e. The highest BCUT2D eigenvalue weighted by Gasteiger charge is 2.00. The first-order valence-electron chi connectivity index (χ1n) is 3.19. The third-order valence-corrected chi connectivity index (χ3v) is 1.39. The Balaban J connectivity index is 3.07. The van der Waals surface area contributed by atoms with E-state index in [2.05, 4.69) is 4.85 Å². The maximum atomic E-state index is 8.59. The number of nitrogens with zero attached hydrogens (tertiary/aromatic N) is 2. The molecule has 1 aromatic carbocycles. The topological polar surface area (TPSA) is 28.1 Å². The second kappa shape index (κ2) is 3.39.